The molecule has 3 rings (SSSR count). The number of hydrogen-bond acceptors (Lipinski definition) is 6. The maximum Gasteiger partial charge on any atom is 0.430 e. The van der Waals surface area contributed by atoms with Gasteiger partial charge in [0.1, 0.15) is 12.4 Å². The maximum absolute atomic E-state index is 12.1. The Morgan fingerprint density at radius 3 is 2.81 bits per heavy atom. The van der Waals surface area contributed by atoms with Gasteiger partial charge in [0.05, 0.1) is 29.5 Å². The van der Waals surface area contributed by atoms with Crippen molar-refractivity contribution >= 4 is 27.7 Å². The zero-order chi connectivity index (χ0) is 18.5. The number of nitrogens with zero attached hydrogens (tertiary/aromatic N) is 3. The number of aromatic nitrogens is 2. The van der Waals surface area contributed by atoms with Crippen molar-refractivity contribution in [2.75, 3.05) is 31.6 Å². The van der Waals surface area contributed by atoms with Gasteiger partial charge in [-0.1, -0.05) is 12.2 Å². The lowest BCUT2D eigenvalue weighted by molar-refractivity contribution is -0.0690. The summed E-state index contributed by atoms with van der Waals surface area (Å²) in [4.78, 5) is 17.3. The van der Waals surface area contributed by atoms with E-state index in [1.54, 1.807) is 28.1 Å². The Kier molecular flexibility index (Phi) is 5.92. The highest BCUT2D eigenvalue weighted by Crippen LogP contribution is 2.36. The van der Waals surface area contributed by atoms with Crippen molar-refractivity contribution in [1.82, 2.24) is 14.8 Å². The van der Waals surface area contributed by atoms with Gasteiger partial charge in [-0.05, 0) is 34.1 Å². The molecule has 0 radical (unpaired) electrons. The number of hydrogen-bond donors (Lipinski definition) is 2. The van der Waals surface area contributed by atoms with Crippen LogP contribution < -0.4 is 15.8 Å². The summed E-state index contributed by atoms with van der Waals surface area (Å²) >= 11 is 3.50. The molecule has 0 bridgehead atoms. The Morgan fingerprint density at radius 1 is 1.38 bits per heavy atom. The second-order valence-corrected chi connectivity index (χ2v) is 6.49. The number of benzene rings is 1. The van der Waals surface area contributed by atoms with E-state index in [1.165, 1.54) is 0 Å². The van der Waals surface area contributed by atoms with Crippen LogP contribution in [0.2, 0.25) is 0 Å². The Morgan fingerprint density at radius 2 is 2.15 bits per heavy atom. The molecule has 2 aromatic rings. The summed E-state index contributed by atoms with van der Waals surface area (Å²) in [5.74, 6) is 0.655. The van der Waals surface area contributed by atoms with Crippen LogP contribution in [0, 0.1) is 0 Å². The van der Waals surface area contributed by atoms with Gasteiger partial charge in [0.15, 0.2) is 0 Å². The molecule has 0 unspecified atom stereocenters. The third kappa shape index (κ3) is 4.24. The molecule has 1 aliphatic heterocycles. The van der Waals surface area contributed by atoms with Gasteiger partial charge in [-0.2, -0.15) is 5.10 Å². The molecule has 26 heavy (non-hydrogen) atoms. The Bertz CT molecular complexity index is 793. The van der Waals surface area contributed by atoms with E-state index in [4.69, 9.17) is 15.3 Å². The molecule has 1 aromatic heterocycles. The van der Waals surface area contributed by atoms with Gasteiger partial charge in [-0.3, -0.25) is 10.00 Å². The summed E-state index contributed by atoms with van der Waals surface area (Å²) in [6.07, 6.45) is 5.04. The largest absolute Gasteiger partial charge is 0.492 e. The minimum absolute atomic E-state index is 0.388. The first kappa shape index (κ1) is 18.4. The smallest absolute Gasteiger partial charge is 0.430 e. The molecule has 1 aliphatic rings. The Labute approximate surface area is 159 Å². The molecule has 2 heterocycles. The van der Waals surface area contributed by atoms with Crippen LogP contribution in [-0.2, 0) is 11.9 Å². The quantitative estimate of drug-likeness (QED) is 0.695. The molecule has 0 spiro atoms. The minimum Gasteiger partial charge on any atom is -0.492 e. The van der Waals surface area contributed by atoms with Gasteiger partial charge in [0.2, 0.25) is 0 Å². The van der Waals surface area contributed by atoms with Crippen LogP contribution in [0.5, 0.6) is 5.75 Å². The van der Waals surface area contributed by atoms with Crippen molar-refractivity contribution in [3.05, 3.63) is 41.0 Å². The Balaban J connectivity index is 1.83. The van der Waals surface area contributed by atoms with E-state index >= 15 is 0 Å². The number of rotatable bonds is 6. The average molecular weight is 422 g/mol. The molecule has 0 fully saturated rings. The molecule has 8 nitrogen and oxygen atoms in total. The molecule has 1 amide bonds. The predicted octanol–water partition coefficient (Wildman–Crippen LogP) is 2.52. The van der Waals surface area contributed by atoms with Crippen LogP contribution in [0.1, 0.15) is 0 Å². The molecule has 138 valence electrons. The molecular weight excluding hydrogens is 402 g/mol. The number of nitrogens with one attached hydrogen (secondary N) is 1. The summed E-state index contributed by atoms with van der Waals surface area (Å²) in [5.41, 5.74) is 7.75. The molecule has 0 aliphatic carbocycles. The fourth-order valence-electron chi connectivity index (χ4n) is 2.59. The summed E-state index contributed by atoms with van der Waals surface area (Å²) in [7, 11) is 1.83. The van der Waals surface area contributed by atoms with Crippen molar-refractivity contribution in [3.8, 4) is 17.0 Å². The first-order chi connectivity index (χ1) is 12.6. The lowest BCUT2D eigenvalue weighted by Crippen LogP contribution is -2.27. The van der Waals surface area contributed by atoms with E-state index in [-0.39, 0.29) is 0 Å². The van der Waals surface area contributed by atoms with E-state index in [0.29, 0.717) is 37.7 Å². The molecular formula is C17H20BrN5O3. The molecule has 0 saturated carbocycles. The van der Waals surface area contributed by atoms with Crippen LogP contribution in [0.3, 0.4) is 0 Å². The van der Waals surface area contributed by atoms with Crippen LogP contribution in [0.25, 0.3) is 11.3 Å². The average Bonchev–Trinajstić information content (AvgIpc) is 3.23. The number of nitrogens with two attached hydrogens (primary N) is 1. The topological polar surface area (TPSA) is 94.6 Å². The maximum atomic E-state index is 12.1. The molecule has 9 heteroatoms. The summed E-state index contributed by atoms with van der Waals surface area (Å²) in [6, 6.07) is 5.36. The van der Waals surface area contributed by atoms with Gasteiger partial charge in [-0.25, -0.2) is 4.79 Å². The third-order valence-electron chi connectivity index (χ3n) is 3.75. The van der Waals surface area contributed by atoms with E-state index in [0.717, 1.165) is 15.7 Å². The highest BCUT2D eigenvalue weighted by atomic mass is 79.9. The second-order valence-electron chi connectivity index (χ2n) is 5.63. The van der Waals surface area contributed by atoms with Crippen molar-refractivity contribution in [2.24, 2.45) is 12.8 Å². The monoisotopic (exact) mass is 421 g/mol. The van der Waals surface area contributed by atoms with Gasteiger partial charge in [0, 0.05) is 24.8 Å². The van der Waals surface area contributed by atoms with E-state index in [1.807, 2.05) is 25.3 Å². The fourth-order valence-corrected chi connectivity index (χ4v) is 3.15. The van der Waals surface area contributed by atoms with E-state index in [2.05, 4.69) is 26.3 Å². The zero-order valence-electron chi connectivity index (χ0n) is 14.3. The third-order valence-corrected chi connectivity index (χ3v) is 4.33. The normalized spacial score (nSPS) is 13.8. The molecule has 0 atom stereocenters. The van der Waals surface area contributed by atoms with Gasteiger partial charge < -0.3 is 15.3 Å². The SMILES string of the molecule is Cn1ncc(Br)c1-c1cc(NC(=O)ON2CC=CC2)ccc1OCCN. The highest BCUT2D eigenvalue weighted by Gasteiger charge is 2.17. The fraction of sp³-hybridized carbons (Fsp3) is 0.294. The number of halogens is 1. The zero-order valence-corrected chi connectivity index (χ0v) is 15.9. The van der Waals surface area contributed by atoms with Gasteiger partial charge in [-0.15, -0.1) is 5.06 Å². The summed E-state index contributed by atoms with van der Waals surface area (Å²) < 4.78 is 8.29. The van der Waals surface area contributed by atoms with Crippen molar-refractivity contribution in [3.63, 3.8) is 0 Å². The second kappa shape index (κ2) is 8.35. The van der Waals surface area contributed by atoms with Crippen molar-refractivity contribution in [2.45, 2.75) is 0 Å². The number of carbonyl (C=O) groups excluding carboxylic acids is 1. The standard InChI is InChI=1S/C17H20BrN5O3/c1-22-16(14(18)11-20-22)13-10-12(4-5-15(13)25-9-6-19)21-17(24)26-23-7-2-3-8-23/h2-5,10-11H,6-9,19H2,1H3,(H,21,24). The number of ether oxygens (including phenoxy) is 1. The number of anilines is 1. The molecule has 1 aromatic carbocycles. The van der Waals surface area contributed by atoms with Crippen LogP contribution in [0.15, 0.2) is 41.0 Å². The minimum atomic E-state index is -0.542. The van der Waals surface area contributed by atoms with E-state index in [9.17, 15) is 4.79 Å². The number of amides is 1. The first-order valence-electron chi connectivity index (χ1n) is 8.12. The molecule has 3 N–H and O–H groups in total. The number of carbonyl (C=O) groups is 1. The van der Waals surface area contributed by atoms with Crippen LogP contribution >= 0.6 is 15.9 Å². The predicted molar refractivity (Wildman–Crippen MR) is 102 cm³/mol. The summed E-state index contributed by atoms with van der Waals surface area (Å²) in [6.45, 7) is 1.97. The van der Waals surface area contributed by atoms with Crippen LogP contribution in [-0.4, -0.2) is 47.2 Å². The van der Waals surface area contributed by atoms with Crippen molar-refractivity contribution in [1.29, 1.82) is 0 Å². The molecule has 0 saturated heterocycles. The van der Waals surface area contributed by atoms with Gasteiger partial charge in [0.25, 0.3) is 0 Å². The highest BCUT2D eigenvalue weighted by molar-refractivity contribution is 9.10. The lowest BCUT2D eigenvalue weighted by atomic mass is 10.1. The number of hydroxylamine groups is 2. The van der Waals surface area contributed by atoms with E-state index < -0.39 is 6.09 Å². The van der Waals surface area contributed by atoms with Crippen LogP contribution in [0.4, 0.5) is 10.5 Å². The first-order valence-corrected chi connectivity index (χ1v) is 8.91. The van der Waals surface area contributed by atoms with Gasteiger partial charge >= 0.3 is 6.09 Å². The lowest BCUT2D eigenvalue weighted by Gasteiger charge is -2.16. The summed E-state index contributed by atoms with van der Waals surface area (Å²) in [5, 5.41) is 8.54. The Hall–Kier alpha value is -2.36. The number of aryl methyl sites for hydroxylation is 1. The van der Waals surface area contributed by atoms with Crippen molar-refractivity contribution < 1.29 is 14.4 Å².